The molecule has 0 heterocycles. The molecule has 17 heavy (non-hydrogen) atoms. The summed E-state index contributed by atoms with van der Waals surface area (Å²) in [6.07, 6.45) is 1.06. The van der Waals surface area contributed by atoms with Gasteiger partial charge in [-0.3, -0.25) is 4.79 Å². The van der Waals surface area contributed by atoms with Gasteiger partial charge in [-0.2, -0.15) is 0 Å². The van der Waals surface area contributed by atoms with Crippen molar-refractivity contribution in [3.05, 3.63) is 34.3 Å². The van der Waals surface area contributed by atoms with Crippen LogP contribution >= 0.6 is 11.6 Å². The zero-order chi connectivity index (χ0) is 13.1. The lowest BCUT2D eigenvalue weighted by Crippen LogP contribution is -2.24. The van der Waals surface area contributed by atoms with Crippen LogP contribution in [0.2, 0.25) is 5.02 Å². The Morgan fingerprint density at radius 3 is 2.59 bits per heavy atom. The average Bonchev–Trinajstić information content (AvgIpc) is 2.18. The van der Waals surface area contributed by atoms with Crippen LogP contribution in [0.1, 0.15) is 38.3 Å². The van der Waals surface area contributed by atoms with Crippen molar-refractivity contribution in [1.82, 2.24) is 0 Å². The fraction of sp³-hybridized carbons (Fsp3) is 0.500. The Bertz CT molecular complexity index is 405. The van der Waals surface area contributed by atoms with Crippen LogP contribution in [0.15, 0.2) is 18.2 Å². The average molecular weight is 255 g/mol. The molecule has 0 amide bonds. The Kier molecular flexibility index (Phi) is 4.58. The normalized spacial score (nSPS) is 11.4. The van der Waals surface area contributed by atoms with Crippen molar-refractivity contribution in [1.29, 1.82) is 0 Å². The molecule has 0 atom stereocenters. The first-order valence-corrected chi connectivity index (χ1v) is 6.13. The molecule has 0 aliphatic heterocycles. The van der Waals surface area contributed by atoms with Crippen LogP contribution in [0.4, 0.5) is 0 Å². The minimum atomic E-state index is -0.416. The Balaban J connectivity index is 2.56. The number of esters is 1. The smallest absolute Gasteiger partial charge is 0.306 e. The summed E-state index contributed by atoms with van der Waals surface area (Å²) in [5.41, 5.74) is 1.72. The summed E-state index contributed by atoms with van der Waals surface area (Å²) >= 11 is 6.02. The molecule has 0 aliphatic carbocycles. The summed E-state index contributed by atoms with van der Waals surface area (Å²) < 4.78 is 5.26. The molecular weight excluding hydrogens is 236 g/mol. The molecule has 0 fully saturated rings. The molecule has 3 heteroatoms. The topological polar surface area (TPSA) is 26.3 Å². The van der Waals surface area contributed by atoms with Crippen molar-refractivity contribution >= 4 is 17.6 Å². The van der Waals surface area contributed by atoms with Gasteiger partial charge in [0.05, 0.1) is 0 Å². The summed E-state index contributed by atoms with van der Waals surface area (Å²) in [4.78, 5) is 11.6. The van der Waals surface area contributed by atoms with Crippen molar-refractivity contribution in [3.8, 4) is 0 Å². The maximum absolute atomic E-state index is 11.6. The third-order valence-electron chi connectivity index (χ3n) is 2.40. The van der Waals surface area contributed by atoms with Gasteiger partial charge in [0.15, 0.2) is 0 Å². The Hall–Kier alpha value is -1.02. The van der Waals surface area contributed by atoms with Gasteiger partial charge in [-0.05, 0) is 51.3 Å². The highest BCUT2D eigenvalue weighted by molar-refractivity contribution is 6.31. The van der Waals surface area contributed by atoms with E-state index < -0.39 is 5.60 Å². The molecule has 0 saturated carbocycles. The molecule has 2 nitrogen and oxygen atoms in total. The molecule has 0 aromatic heterocycles. The van der Waals surface area contributed by atoms with E-state index in [1.165, 1.54) is 0 Å². The van der Waals surface area contributed by atoms with Crippen molar-refractivity contribution < 1.29 is 9.53 Å². The number of hydrogen-bond donors (Lipinski definition) is 0. The molecule has 0 spiro atoms. The molecule has 0 bridgehead atoms. The fourth-order valence-electron chi connectivity index (χ4n) is 1.55. The lowest BCUT2D eigenvalue weighted by molar-refractivity contribution is -0.154. The van der Waals surface area contributed by atoms with Crippen molar-refractivity contribution in [2.24, 2.45) is 0 Å². The molecular formula is C14H19ClO2. The lowest BCUT2D eigenvalue weighted by Gasteiger charge is -2.19. The first-order chi connectivity index (χ1) is 7.79. The standard InChI is InChI=1S/C14H19ClO2/c1-10-11(6-5-7-12(10)15)8-9-13(16)17-14(2,3)4/h5-7H,8-9H2,1-4H3. The monoisotopic (exact) mass is 254 g/mol. The number of carbonyl (C=O) groups excluding carboxylic acids is 1. The zero-order valence-corrected chi connectivity index (χ0v) is 11.6. The zero-order valence-electron chi connectivity index (χ0n) is 10.8. The molecule has 94 valence electrons. The maximum atomic E-state index is 11.6. The number of aryl methyl sites for hydroxylation is 1. The number of carbonyl (C=O) groups is 1. The van der Waals surface area contributed by atoms with Crippen LogP contribution in [-0.2, 0) is 16.0 Å². The van der Waals surface area contributed by atoms with Crippen LogP contribution in [0.25, 0.3) is 0 Å². The van der Waals surface area contributed by atoms with E-state index in [2.05, 4.69) is 0 Å². The highest BCUT2D eigenvalue weighted by Gasteiger charge is 2.16. The van der Waals surface area contributed by atoms with Gasteiger partial charge in [0, 0.05) is 11.4 Å². The minimum absolute atomic E-state index is 0.170. The van der Waals surface area contributed by atoms with E-state index in [1.54, 1.807) is 0 Å². The van der Waals surface area contributed by atoms with Gasteiger partial charge in [0.1, 0.15) is 5.60 Å². The van der Waals surface area contributed by atoms with Gasteiger partial charge in [-0.15, -0.1) is 0 Å². The second-order valence-corrected chi connectivity index (χ2v) is 5.52. The van der Waals surface area contributed by atoms with Crippen LogP contribution in [-0.4, -0.2) is 11.6 Å². The van der Waals surface area contributed by atoms with Gasteiger partial charge in [-0.1, -0.05) is 23.7 Å². The van der Waals surface area contributed by atoms with Gasteiger partial charge >= 0.3 is 5.97 Å². The van der Waals surface area contributed by atoms with E-state index in [0.29, 0.717) is 12.8 Å². The minimum Gasteiger partial charge on any atom is -0.460 e. The number of benzene rings is 1. The second-order valence-electron chi connectivity index (χ2n) is 5.11. The molecule has 1 rings (SSSR count). The van der Waals surface area contributed by atoms with Crippen LogP contribution < -0.4 is 0 Å². The molecule has 0 radical (unpaired) electrons. The van der Waals surface area contributed by atoms with Crippen molar-refractivity contribution in [2.75, 3.05) is 0 Å². The van der Waals surface area contributed by atoms with E-state index in [-0.39, 0.29) is 5.97 Å². The van der Waals surface area contributed by atoms with Crippen molar-refractivity contribution in [3.63, 3.8) is 0 Å². The highest BCUT2D eigenvalue weighted by Crippen LogP contribution is 2.20. The lowest BCUT2D eigenvalue weighted by atomic mass is 10.0. The van der Waals surface area contributed by atoms with Crippen LogP contribution in [0, 0.1) is 6.92 Å². The summed E-state index contributed by atoms with van der Waals surface area (Å²) in [6.45, 7) is 7.58. The Morgan fingerprint density at radius 1 is 1.35 bits per heavy atom. The molecule has 0 N–H and O–H groups in total. The number of ether oxygens (including phenoxy) is 1. The predicted molar refractivity (Wildman–Crippen MR) is 70.4 cm³/mol. The van der Waals surface area contributed by atoms with E-state index in [9.17, 15) is 4.79 Å². The third-order valence-corrected chi connectivity index (χ3v) is 2.81. The largest absolute Gasteiger partial charge is 0.460 e. The summed E-state index contributed by atoms with van der Waals surface area (Å²) in [7, 11) is 0. The fourth-order valence-corrected chi connectivity index (χ4v) is 1.75. The Morgan fingerprint density at radius 2 is 2.00 bits per heavy atom. The second kappa shape index (κ2) is 5.54. The third kappa shape index (κ3) is 4.78. The number of halogens is 1. The van der Waals surface area contributed by atoms with Crippen LogP contribution in [0.3, 0.4) is 0 Å². The first kappa shape index (κ1) is 14.0. The maximum Gasteiger partial charge on any atom is 0.306 e. The van der Waals surface area contributed by atoms with Gasteiger partial charge in [-0.25, -0.2) is 0 Å². The SMILES string of the molecule is Cc1c(Cl)cccc1CCC(=O)OC(C)(C)C. The molecule has 1 aromatic rings. The molecule has 0 unspecified atom stereocenters. The molecule has 0 aliphatic rings. The molecule has 0 saturated heterocycles. The van der Waals surface area contributed by atoms with Gasteiger partial charge in [0.25, 0.3) is 0 Å². The van der Waals surface area contributed by atoms with Crippen LogP contribution in [0.5, 0.6) is 0 Å². The summed E-state index contributed by atoms with van der Waals surface area (Å²) in [6, 6.07) is 5.75. The van der Waals surface area contributed by atoms with E-state index in [4.69, 9.17) is 16.3 Å². The Labute approximate surface area is 108 Å². The number of hydrogen-bond acceptors (Lipinski definition) is 2. The van der Waals surface area contributed by atoms with E-state index in [1.807, 2.05) is 45.9 Å². The molecule has 1 aromatic carbocycles. The van der Waals surface area contributed by atoms with Crippen molar-refractivity contribution in [2.45, 2.75) is 46.1 Å². The highest BCUT2D eigenvalue weighted by atomic mass is 35.5. The van der Waals surface area contributed by atoms with Gasteiger partial charge in [0.2, 0.25) is 0 Å². The van der Waals surface area contributed by atoms with E-state index in [0.717, 1.165) is 16.1 Å². The predicted octanol–water partition coefficient (Wildman–Crippen LogP) is 3.92. The number of rotatable bonds is 3. The summed E-state index contributed by atoms with van der Waals surface area (Å²) in [5.74, 6) is -0.170. The van der Waals surface area contributed by atoms with E-state index >= 15 is 0 Å². The summed E-state index contributed by atoms with van der Waals surface area (Å²) in [5, 5.41) is 0.742. The quantitative estimate of drug-likeness (QED) is 0.764. The van der Waals surface area contributed by atoms with Gasteiger partial charge < -0.3 is 4.74 Å². The first-order valence-electron chi connectivity index (χ1n) is 5.75.